The molecule has 124 valence electrons. The molecular weight excluding hydrogens is 321 g/mol. The minimum Gasteiger partial charge on any atom is -0.466 e. The van der Waals surface area contributed by atoms with E-state index in [0.29, 0.717) is 0 Å². The lowest BCUT2D eigenvalue weighted by Gasteiger charge is -2.31. The fraction of sp³-hybridized carbons (Fsp3) is 0.308. The van der Waals surface area contributed by atoms with Crippen LogP contribution in [0.2, 0.25) is 0 Å². The van der Waals surface area contributed by atoms with Crippen molar-refractivity contribution in [1.29, 1.82) is 0 Å². The van der Waals surface area contributed by atoms with Gasteiger partial charge in [0.1, 0.15) is 5.57 Å². The summed E-state index contributed by atoms with van der Waals surface area (Å²) in [5.41, 5.74) is -4.95. The van der Waals surface area contributed by atoms with E-state index in [-0.39, 0.29) is 5.70 Å². The van der Waals surface area contributed by atoms with Crippen LogP contribution in [0.1, 0.15) is 17.5 Å². The molecule has 23 heavy (non-hydrogen) atoms. The van der Waals surface area contributed by atoms with Crippen molar-refractivity contribution in [2.45, 2.75) is 18.6 Å². The second kappa shape index (κ2) is 5.45. The van der Waals surface area contributed by atoms with Gasteiger partial charge in [-0.3, -0.25) is 9.59 Å². The van der Waals surface area contributed by atoms with Gasteiger partial charge in [-0.25, -0.2) is 4.79 Å². The predicted molar refractivity (Wildman–Crippen MR) is 67.8 cm³/mol. The van der Waals surface area contributed by atoms with E-state index in [4.69, 9.17) is 4.42 Å². The quantitative estimate of drug-likeness (QED) is 0.801. The zero-order chi connectivity index (χ0) is 17.4. The number of carbonyl (C=O) groups excluding carboxylic acids is 3. The fourth-order valence-electron chi connectivity index (χ4n) is 2.23. The summed E-state index contributed by atoms with van der Waals surface area (Å²) in [4.78, 5) is 35.7. The van der Waals surface area contributed by atoms with E-state index in [2.05, 4.69) is 4.74 Å². The van der Waals surface area contributed by atoms with E-state index in [1.807, 2.05) is 5.32 Å². The summed E-state index contributed by atoms with van der Waals surface area (Å²) in [7, 11) is 0.862. The second-order valence-electron chi connectivity index (χ2n) is 4.62. The minimum absolute atomic E-state index is 0.362. The zero-order valence-corrected chi connectivity index (χ0v) is 11.9. The van der Waals surface area contributed by atoms with Crippen molar-refractivity contribution in [3.8, 4) is 0 Å². The first-order valence-corrected chi connectivity index (χ1v) is 6.19. The Bertz CT molecular complexity index is 693. The number of halogens is 3. The zero-order valence-electron chi connectivity index (χ0n) is 11.9. The Morgan fingerprint density at radius 1 is 1.39 bits per heavy atom. The number of nitrogens with one attached hydrogen (secondary N) is 2. The third kappa shape index (κ3) is 2.45. The third-order valence-electron chi connectivity index (χ3n) is 3.25. The number of furan rings is 1. The number of ether oxygens (including phenoxy) is 1. The number of alkyl halides is 3. The van der Waals surface area contributed by atoms with Gasteiger partial charge in [0.15, 0.2) is 5.76 Å². The first-order valence-electron chi connectivity index (χ1n) is 6.19. The summed E-state index contributed by atoms with van der Waals surface area (Å²) in [6.45, 7) is 1.09. The predicted octanol–water partition coefficient (Wildman–Crippen LogP) is 0.887. The largest absolute Gasteiger partial charge is 0.466 e. The Kier molecular flexibility index (Phi) is 3.93. The molecule has 7 nitrogen and oxygen atoms in total. The lowest BCUT2D eigenvalue weighted by molar-refractivity contribution is -0.188. The minimum atomic E-state index is -5.29. The van der Waals surface area contributed by atoms with Crippen LogP contribution in [0.15, 0.2) is 34.1 Å². The van der Waals surface area contributed by atoms with Crippen LogP contribution < -0.4 is 10.6 Å². The number of amides is 2. The number of hydrogen-bond donors (Lipinski definition) is 2. The fourth-order valence-corrected chi connectivity index (χ4v) is 2.23. The van der Waals surface area contributed by atoms with Crippen molar-refractivity contribution in [2.24, 2.45) is 0 Å². The molecule has 1 aliphatic heterocycles. The molecule has 1 aromatic rings. The number of rotatable bonds is 3. The van der Waals surface area contributed by atoms with Gasteiger partial charge in [0.05, 0.1) is 13.4 Å². The molecule has 1 aromatic heterocycles. The number of hydrogen-bond acceptors (Lipinski definition) is 5. The van der Waals surface area contributed by atoms with Crippen LogP contribution in [-0.4, -0.2) is 36.6 Å². The molecule has 0 saturated heterocycles. The monoisotopic (exact) mass is 332 g/mol. The van der Waals surface area contributed by atoms with Crippen molar-refractivity contribution >= 4 is 17.8 Å². The highest BCUT2D eigenvalue weighted by Gasteiger charge is 2.69. The molecule has 2 rings (SSSR count). The SMILES string of the molecule is COC(=O)C1=C(C)NC(=O)[C@@]1(NC(=O)c1ccco1)C(F)(F)F. The van der Waals surface area contributed by atoms with E-state index < -0.39 is 40.8 Å². The maximum Gasteiger partial charge on any atom is 0.425 e. The van der Waals surface area contributed by atoms with Crippen LogP contribution in [0.5, 0.6) is 0 Å². The number of carbonyl (C=O) groups is 3. The summed E-state index contributed by atoms with van der Waals surface area (Å²) in [6, 6.07) is 2.40. The Labute approximate surface area is 127 Å². The van der Waals surface area contributed by atoms with Gasteiger partial charge in [-0.2, -0.15) is 13.2 Å². The Hall–Kier alpha value is -2.78. The van der Waals surface area contributed by atoms with Crippen molar-refractivity contribution < 1.29 is 36.7 Å². The van der Waals surface area contributed by atoms with Crippen molar-refractivity contribution in [1.82, 2.24) is 10.6 Å². The van der Waals surface area contributed by atoms with E-state index in [1.54, 1.807) is 5.32 Å². The second-order valence-corrected chi connectivity index (χ2v) is 4.62. The third-order valence-corrected chi connectivity index (χ3v) is 3.25. The smallest absolute Gasteiger partial charge is 0.425 e. The van der Waals surface area contributed by atoms with Crippen LogP contribution in [0.4, 0.5) is 13.2 Å². The molecule has 0 saturated carbocycles. The molecule has 0 aromatic carbocycles. The van der Waals surface area contributed by atoms with Crippen LogP contribution in [-0.2, 0) is 14.3 Å². The summed E-state index contributed by atoms with van der Waals surface area (Å²) in [5.74, 6) is -4.76. The highest BCUT2D eigenvalue weighted by Crippen LogP contribution is 2.41. The van der Waals surface area contributed by atoms with E-state index in [1.165, 1.54) is 6.07 Å². The first kappa shape index (κ1) is 16.6. The van der Waals surface area contributed by atoms with E-state index >= 15 is 0 Å². The van der Waals surface area contributed by atoms with Gasteiger partial charge in [-0.1, -0.05) is 0 Å². The first-order chi connectivity index (χ1) is 10.6. The molecule has 1 atom stereocenters. The maximum atomic E-state index is 13.6. The molecule has 0 aliphatic carbocycles. The molecule has 1 aliphatic rings. The molecule has 0 unspecified atom stereocenters. The van der Waals surface area contributed by atoms with Gasteiger partial charge in [0, 0.05) is 5.70 Å². The van der Waals surface area contributed by atoms with Crippen LogP contribution in [0, 0.1) is 0 Å². The normalized spacial score (nSPS) is 21.2. The molecule has 0 fully saturated rings. The van der Waals surface area contributed by atoms with Crippen molar-refractivity contribution in [3.05, 3.63) is 35.4 Å². The van der Waals surface area contributed by atoms with Crippen molar-refractivity contribution in [3.63, 3.8) is 0 Å². The van der Waals surface area contributed by atoms with E-state index in [0.717, 1.165) is 26.4 Å². The highest BCUT2D eigenvalue weighted by atomic mass is 19.4. The van der Waals surface area contributed by atoms with Gasteiger partial charge in [-0.15, -0.1) is 0 Å². The van der Waals surface area contributed by atoms with Gasteiger partial charge < -0.3 is 19.8 Å². The summed E-state index contributed by atoms with van der Waals surface area (Å²) in [5, 5.41) is 3.46. The number of methoxy groups -OCH3 is 1. The maximum absolute atomic E-state index is 13.6. The van der Waals surface area contributed by atoms with Crippen LogP contribution in [0.3, 0.4) is 0 Å². The Morgan fingerprint density at radius 3 is 2.52 bits per heavy atom. The summed E-state index contributed by atoms with van der Waals surface area (Å²) >= 11 is 0. The summed E-state index contributed by atoms with van der Waals surface area (Å²) in [6.07, 6.45) is -4.22. The van der Waals surface area contributed by atoms with Gasteiger partial charge in [0.2, 0.25) is 5.54 Å². The van der Waals surface area contributed by atoms with Gasteiger partial charge in [-0.05, 0) is 19.1 Å². The standard InChI is InChI=1S/C13H11F3N2O5/c1-6-8(10(20)22-2)12(11(21)17-6,13(14,15)16)18-9(19)7-4-3-5-23-7/h3-5H,1-2H3,(H,17,21)(H,18,19)/t12-/m1/s1. The Morgan fingerprint density at radius 2 is 2.04 bits per heavy atom. The molecule has 0 radical (unpaired) electrons. The molecule has 0 spiro atoms. The average molecular weight is 332 g/mol. The lowest BCUT2D eigenvalue weighted by Crippen LogP contribution is -2.66. The molecule has 0 bridgehead atoms. The topological polar surface area (TPSA) is 97.6 Å². The average Bonchev–Trinajstić information content (AvgIpc) is 3.05. The van der Waals surface area contributed by atoms with Crippen LogP contribution in [0.25, 0.3) is 0 Å². The van der Waals surface area contributed by atoms with E-state index in [9.17, 15) is 27.6 Å². The number of esters is 1. The van der Waals surface area contributed by atoms with Crippen molar-refractivity contribution in [2.75, 3.05) is 7.11 Å². The highest BCUT2D eigenvalue weighted by molar-refractivity contribution is 6.11. The molecule has 10 heteroatoms. The van der Waals surface area contributed by atoms with Crippen LogP contribution >= 0.6 is 0 Å². The molecule has 2 amide bonds. The lowest BCUT2D eigenvalue weighted by atomic mass is 9.89. The van der Waals surface area contributed by atoms with Gasteiger partial charge in [0.25, 0.3) is 11.8 Å². The molecule has 2 heterocycles. The number of allylic oxidation sites excluding steroid dienone is 1. The molecule has 2 N–H and O–H groups in total. The van der Waals surface area contributed by atoms with Gasteiger partial charge >= 0.3 is 12.1 Å². The molecular formula is C13H11F3N2O5. The Balaban J connectivity index is 2.57. The summed E-state index contributed by atoms with van der Waals surface area (Å²) < 4.78 is 49.9.